The van der Waals surface area contributed by atoms with Crippen LogP contribution in [-0.4, -0.2) is 24.9 Å². The largest absolute Gasteiger partial charge is 0.367 e. The molecule has 5 heteroatoms. The topological polar surface area (TPSA) is 61.4 Å². The lowest BCUT2D eigenvalue weighted by atomic mass is 9.99. The van der Waals surface area contributed by atoms with E-state index in [4.69, 9.17) is 0 Å². The Balaban J connectivity index is 1.26. The molecular formula is C27H29N3O2. The van der Waals surface area contributed by atoms with Crippen molar-refractivity contribution in [2.75, 3.05) is 23.3 Å². The summed E-state index contributed by atoms with van der Waals surface area (Å²) in [6, 6.07) is 24.6. The van der Waals surface area contributed by atoms with Crippen molar-refractivity contribution in [2.45, 2.75) is 32.7 Å². The predicted octanol–water partition coefficient (Wildman–Crippen LogP) is 4.11. The summed E-state index contributed by atoms with van der Waals surface area (Å²) in [5.74, 6) is -1.24. The van der Waals surface area contributed by atoms with Crippen molar-refractivity contribution in [1.29, 1.82) is 0 Å². The molecule has 2 N–H and O–H groups in total. The molecule has 0 unspecified atom stereocenters. The van der Waals surface area contributed by atoms with E-state index in [9.17, 15) is 9.59 Å². The van der Waals surface area contributed by atoms with Gasteiger partial charge < -0.3 is 15.5 Å². The molecule has 32 heavy (non-hydrogen) atoms. The van der Waals surface area contributed by atoms with E-state index in [1.54, 1.807) is 0 Å². The lowest BCUT2D eigenvalue weighted by Gasteiger charge is -2.30. The van der Waals surface area contributed by atoms with Crippen LogP contribution in [0.4, 0.5) is 11.4 Å². The summed E-state index contributed by atoms with van der Waals surface area (Å²) in [6.45, 7) is 4.38. The van der Waals surface area contributed by atoms with Gasteiger partial charge in [-0.3, -0.25) is 9.59 Å². The first-order chi connectivity index (χ1) is 15.6. The number of nitrogens with one attached hydrogen (secondary N) is 2. The number of rotatable bonds is 6. The average molecular weight is 428 g/mol. The number of nitrogens with zero attached hydrogens (tertiary/aromatic N) is 1. The monoisotopic (exact) mass is 427 g/mol. The molecule has 0 aliphatic carbocycles. The Labute approximate surface area is 189 Å². The van der Waals surface area contributed by atoms with Gasteiger partial charge in [-0.15, -0.1) is 0 Å². The minimum atomic E-state index is -0.633. The maximum atomic E-state index is 12.2. The molecule has 164 valence electrons. The van der Waals surface area contributed by atoms with Gasteiger partial charge in [-0.25, -0.2) is 0 Å². The maximum Gasteiger partial charge on any atom is 0.313 e. The van der Waals surface area contributed by atoms with Gasteiger partial charge >= 0.3 is 11.8 Å². The van der Waals surface area contributed by atoms with Gasteiger partial charge in [-0.05, 0) is 59.7 Å². The molecule has 2 amide bonds. The van der Waals surface area contributed by atoms with Crippen molar-refractivity contribution >= 4 is 23.2 Å². The van der Waals surface area contributed by atoms with Crippen LogP contribution in [0, 0.1) is 0 Å². The van der Waals surface area contributed by atoms with Crippen molar-refractivity contribution in [3.8, 4) is 0 Å². The van der Waals surface area contributed by atoms with Gasteiger partial charge in [0.25, 0.3) is 0 Å². The second kappa shape index (κ2) is 10.1. The first-order valence-electron chi connectivity index (χ1n) is 11.2. The second-order valence-corrected chi connectivity index (χ2v) is 8.08. The highest BCUT2D eigenvalue weighted by Gasteiger charge is 2.16. The molecule has 0 bridgehead atoms. The van der Waals surface area contributed by atoms with Crippen LogP contribution in [0.25, 0.3) is 0 Å². The molecule has 1 aliphatic rings. The van der Waals surface area contributed by atoms with Gasteiger partial charge in [0.1, 0.15) is 0 Å². The Hall–Kier alpha value is -3.60. The summed E-state index contributed by atoms with van der Waals surface area (Å²) in [5, 5.41) is 5.42. The van der Waals surface area contributed by atoms with Gasteiger partial charge in [0, 0.05) is 31.0 Å². The van der Waals surface area contributed by atoms with E-state index in [0.29, 0.717) is 18.7 Å². The van der Waals surface area contributed by atoms with E-state index >= 15 is 0 Å². The number of fused-ring (bicyclic) bond motifs is 1. The molecule has 3 aromatic rings. The molecule has 5 nitrogen and oxygen atoms in total. The standard InChI is InChI=1S/C27H29N3O2/c1-2-21-7-5-6-10-25(21)29-27(32)26(31)28-17-15-20-11-13-24(14-12-20)30-18-16-22-8-3-4-9-23(22)19-30/h3-14H,2,15-19H2,1H3,(H,28,31)(H,29,32). The van der Waals surface area contributed by atoms with Crippen LogP contribution in [0.1, 0.15) is 29.2 Å². The van der Waals surface area contributed by atoms with Crippen LogP contribution in [-0.2, 0) is 35.4 Å². The van der Waals surface area contributed by atoms with E-state index in [2.05, 4.69) is 64.1 Å². The van der Waals surface area contributed by atoms with E-state index in [1.807, 2.05) is 31.2 Å². The summed E-state index contributed by atoms with van der Waals surface area (Å²) in [4.78, 5) is 26.8. The molecule has 0 atom stereocenters. The van der Waals surface area contributed by atoms with Crippen molar-refractivity contribution in [3.63, 3.8) is 0 Å². The van der Waals surface area contributed by atoms with Crippen LogP contribution in [0.3, 0.4) is 0 Å². The lowest BCUT2D eigenvalue weighted by molar-refractivity contribution is -0.136. The Morgan fingerprint density at radius 3 is 2.38 bits per heavy atom. The molecule has 3 aromatic carbocycles. The highest BCUT2D eigenvalue weighted by molar-refractivity contribution is 6.39. The number of anilines is 2. The Kier molecular flexibility index (Phi) is 6.85. The molecule has 0 saturated carbocycles. The number of carbonyl (C=O) groups is 2. The van der Waals surface area contributed by atoms with Gasteiger partial charge in [0.2, 0.25) is 0 Å². The third-order valence-corrected chi connectivity index (χ3v) is 5.98. The van der Waals surface area contributed by atoms with Gasteiger partial charge in [-0.2, -0.15) is 0 Å². The average Bonchev–Trinajstić information content (AvgIpc) is 2.84. The third kappa shape index (κ3) is 5.17. The molecule has 0 radical (unpaired) electrons. The van der Waals surface area contributed by atoms with Crippen LogP contribution >= 0.6 is 0 Å². The summed E-state index contributed by atoms with van der Waals surface area (Å²) in [7, 11) is 0. The number of hydrogen-bond acceptors (Lipinski definition) is 3. The molecule has 0 saturated heterocycles. The number of amides is 2. The van der Waals surface area contributed by atoms with Crippen LogP contribution in [0.2, 0.25) is 0 Å². The highest BCUT2D eigenvalue weighted by atomic mass is 16.2. The summed E-state index contributed by atoms with van der Waals surface area (Å²) in [6.07, 6.45) is 2.53. The van der Waals surface area contributed by atoms with Crippen LogP contribution in [0.15, 0.2) is 72.8 Å². The number of para-hydroxylation sites is 1. The molecular weight excluding hydrogens is 398 g/mol. The zero-order valence-corrected chi connectivity index (χ0v) is 18.4. The summed E-state index contributed by atoms with van der Waals surface area (Å²) in [5.41, 5.74) is 6.87. The zero-order valence-electron chi connectivity index (χ0n) is 18.4. The Morgan fingerprint density at radius 1 is 0.875 bits per heavy atom. The molecule has 1 heterocycles. The zero-order chi connectivity index (χ0) is 22.3. The summed E-state index contributed by atoms with van der Waals surface area (Å²) >= 11 is 0. The molecule has 0 aromatic heterocycles. The molecule has 4 rings (SSSR count). The molecule has 1 aliphatic heterocycles. The van der Waals surface area contributed by atoms with Crippen molar-refractivity contribution < 1.29 is 9.59 Å². The Morgan fingerprint density at radius 2 is 1.59 bits per heavy atom. The summed E-state index contributed by atoms with van der Waals surface area (Å²) < 4.78 is 0. The minimum absolute atomic E-state index is 0.415. The van der Waals surface area contributed by atoms with Crippen molar-refractivity contribution in [2.24, 2.45) is 0 Å². The smallest absolute Gasteiger partial charge is 0.313 e. The van der Waals surface area contributed by atoms with Gasteiger partial charge in [0.15, 0.2) is 0 Å². The first-order valence-corrected chi connectivity index (χ1v) is 11.2. The fraction of sp³-hybridized carbons (Fsp3) is 0.259. The number of benzene rings is 3. The van der Waals surface area contributed by atoms with Crippen molar-refractivity contribution in [1.82, 2.24) is 5.32 Å². The predicted molar refractivity (Wildman–Crippen MR) is 129 cm³/mol. The van der Waals surface area contributed by atoms with E-state index in [0.717, 1.165) is 37.1 Å². The molecule has 0 fully saturated rings. The number of hydrogen-bond donors (Lipinski definition) is 2. The van der Waals surface area contributed by atoms with Crippen LogP contribution in [0.5, 0.6) is 0 Å². The first kappa shape index (κ1) is 21.6. The fourth-order valence-electron chi connectivity index (χ4n) is 4.12. The Bertz CT molecular complexity index is 1090. The normalized spacial score (nSPS) is 12.7. The quantitative estimate of drug-likeness (QED) is 0.582. The maximum absolute atomic E-state index is 12.2. The number of carbonyl (C=O) groups excluding carboxylic acids is 2. The number of aryl methyl sites for hydroxylation is 1. The lowest BCUT2D eigenvalue weighted by Crippen LogP contribution is -2.36. The molecule has 0 spiro atoms. The van der Waals surface area contributed by atoms with Gasteiger partial charge in [-0.1, -0.05) is 61.5 Å². The van der Waals surface area contributed by atoms with Gasteiger partial charge in [0.05, 0.1) is 0 Å². The van der Waals surface area contributed by atoms with Crippen molar-refractivity contribution in [3.05, 3.63) is 95.1 Å². The SMILES string of the molecule is CCc1ccccc1NC(=O)C(=O)NCCc1ccc(N2CCc3ccccc3C2)cc1. The highest BCUT2D eigenvalue weighted by Crippen LogP contribution is 2.24. The second-order valence-electron chi connectivity index (χ2n) is 8.08. The minimum Gasteiger partial charge on any atom is -0.367 e. The van der Waals surface area contributed by atoms with Crippen LogP contribution < -0.4 is 15.5 Å². The fourth-order valence-corrected chi connectivity index (χ4v) is 4.12. The van der Waals surface area contributed by atoms with E-state index < -0.39 is 11.8 Å². The third-order valence-electron chi connectivity index (χ3n) is 5.98. The van der Waals surface area contributed by atoms with E-state index in [-0.39, 0.29) is 0 Å². The van der Waals surface area contributed by atoms with E-state index in [1.165, 1.54) is 16.8 Å².